The zero-order valence-electron chi connectivity index (χ0n) is 19.7. The Bertz CT molecular complexity index is 1030. The fourth-order valence-electron chi connectivity index (χ4n) is 3.22. The van der Waals surface area contributed by atoms with Crippen LogP contribution < -0.4 is 10.1 Å². The third-order valence-electron chi connectivity index (χ3n) is 5.10. The molecule has 9 heteroatoms. The lowest BCUT2D eigenvalue weighted by atomic mass is 10.0. The highest BCUT2D eigenvalue weighted by molar-refractivity contribution is 7.89. The van der Waals surface area contributed by atoms with E-state index in [1.54, 1.807) is 50.4 Å². The second-order valence-corrected chi connectivity index (χ2v) is 9.97. The number of likely N-dealkylation sites (N-methyl/N-ethyl adjacent to an activating group) is 1. The minimum absolute atomic E-state index is 0.0632. The Morgan fingerprint density at radius 2 is 1.64 bits per heavy atom. The first-order valence-electron chi connectivity index (χ1n) is 10.8. The van der Waals surface area contributed by atoms with Gasteiger partial charge in [-0.25, -0.2) is 8.42 Å². The molecule has 0 heterocycles. The number of amides is 1. The first kappa shape index (κ1) is 26.3. The molecule has 1 amide bonds. The number of nitrogens with one attached hydrogen (secondary N) is 1. The van der Waals surface area contributed by atoms with Crippen LogP contribution in [0.4, 0.5) is 0 Å². The van der Waals surface area contributed by atoms with E-state index >= 15 is 0 Å². The van der Waals surface area contributed by atoms with Gasteiger partial charge in [-0.05, 0) is 61.2 Å². The molecular formula is C24H32N2O6S. The fraction of sp³-hybridized carbons (Fsp3) is 0.417. The van der Waals surface area contributed by atoms with Crippen LogP contribution in [0.1, 0.15) is 43.1 Å². The summed E-state index contributed by atoms with van der Waals surface area (Å²) in [5, 5.41) is 2.80. The molecule has 0 bridgehead atoms. The second kappa shape index (κ2) is 11.8. The minimum atomic E-state index is -3.91. The molecule has 0 saturated carbocycles. The van der Waals surface area contributed by atoms with Crippen molar-refractivity contribution >= 4 is 21.9 Å². The Kier molecular flexibility index (Phi) is 9.43. The van der Waals surface area contributed by atoms with Gasteiger partial charge in [0.15, 0.2) is 0 Å². The molecule has 2 aromatic carbocycles. The van der Waals surface area contributed by atoms with Crippen LogP contribution in [0.3, 0.4) is 0 Å². The molecule has 0 spiro atoms. The zero-order valence-corrected chi connectivity index (χ0v) is 20.5. The van der Waals surface area contributed by atoms with Gasteiger partial charge in [-0.2, -0.15) is 4.31 Å². The molecule has 1 atom stereocenters. The number of ether oxygens (including phenoxy) is 2. The molecule has 0 aliphatic heterocycles. The predicted molar refractivity (Wildman–Crippen MR) is 125 cm³/mol. The lowest BCUT2D eigenvalue weighted by molar-refractivity contribution is -0.147. The molecular weight excluding hydrogens is 444 g/mol. The van der Waals surface area contributed by atoms with Gasteiger partial charge in [0.1, 0.15) is 11.8 Å². The molecule has 0 aromatic heterocycles. The first-order chi connectivity index (χ1) is 15.6. The maximum atomic E-state index is 13.1. The molecule has 0 saturated heterocycles. The van der Waals surface area contributed by atoms with Crippen LogP contribution in [0.15, 0.2) is 53.4 Å². The normalized spacial score (nSPS) is 12.5. The van der Waals surface area contributed by atoms with E-state index in [1.165, 1.54) is 19.2 Å². The summed E-state index contributed by atoms with van der Waals surface area (Å²) < 4.78 is 37.5. The number of esters is 1. The van der Waals surface area contributed by atoms with Crippen molar-refractivity contribution in [3.8, 4) is 5.75 Å². The summed E-state index contributed by atoms with van der Waals surface area (Å²) >= 11 is 0. The van der Waals surface area contributed by atoms with Gasteiger partial charge in [-0.15, -0.1) is 0 Å². The van der Waals surface area contributed by atoms with Crippen molar-refractivity contribution in [3.05, 3.63) is 59.7 Å². The highest BCUT2D eigenvalue weighted by atomic mass is 32.2. The molecule has 180 valence electrons. The van der Waals surface area contributed by atoms with Gasteiger partial charge < -0.3 is 14.8 Å². The lowest BCUT2D eigenvalue weighted by Gasteiger charge is -2.27. The third-order valence-corrected chi connectivity index (χ3v) is 6.98. The molecule has 8 nitrogen and oxygen atoms in total. The molecule has 0 fully saturated rings. The molecule has 0 aliphatic carbocycles. The number of benzene rings is 2. The smallest absolute Gasteiger partial charge is 0.324 e. The molecule has 0 radical (unpaired) electrons. The van der Waals surface area contributed by atoms with Crippen molar-refractivity contribution in [3.63, 3.8) is 0 Å². The Hall–Kier alpha value is -2.91. The monoisotopic (exact) mass is 476 g/mol. The summed E-state index contributed by atoms with van der Waals surface area (Å²) in [7, 11) is -0.967. The molecule has 2 rings (SSSR count). The fourth-order valence-corrected chi connectivity index (χ4v) is 4.54. The highest BCUT2D eigenvalue weighted by Gasteiger charge is 2.34. The van der Waals surface area contributed by atoms with Gasteiger partial charge in [0.2, 0.25) is 10.0 Å². The summed E-state index contributed by atoms with van der Waals surface area (Å²) in [6, 6.07) is 12.0. The van der Waals surface area contributed by atoms with Crippen molar-refractivity contribution in [2.45, 2.75) is 44.7 Å². The number of sulfonamides is 1. The lowest BCUT2D eigenvalue weighted by Crippen LogP contribution is -2.44. The van der Waals surface area contributed by atoms with E-state index in [0.29, 0.717) is 17.7 Å². The van der Waals surface area contributed by atoms with Gasteiger partial charge in [0, 0.05) is 19.2 Å². The van der Waals surface area contributed by atoms with Crippen LogP contribution in [0.25, 0.3) is 0 Å². The third kappa shape index (κ3) is 7.03. The van der Waals surface area contributed by atoms with E-state index in [1.807, 2.05) is 13.8 Å². The van der Waals surface area contributed by atoms with E-state index in [9.17, 15) is 18.0 Å². The number of rotatable bonds is 11. The Labute approximate surface area is 195 Å². The Morgan fingerprint density at radius 1 is 1.03 bits per heavy atom. The minimum Gasteiger partial charge on any atom is -0.497 e. The van der Waals surface area contributed by atoms with Crippen molar-refractivity contribution < 1.29 is 27.5 Å². The number of hydrogen-bond acceptors (Lipinski definition) is 6. The number of nitrogens with zero attached hydrogens (tertiary/aromatic N) is 1. The molecule has 0 aliphatic rings. The average molecular weight is 477 g/mol. The average Bonchev–Trinajstić information content (AvgIpc) is 2.80. The van der Waals surface area contributed by atoms with Crippen LogP contribution in [-0.4, -0.2) is 51.4 Å². The summed E-state index contributed by atoms with van der Waals surface area (Å²) in [5.74, 6) is -0.0455. The second-order valence-electron chi connectivity index (χ2n) is 7.97. The molecule has 1 N–H and O–H groups in total. The van der Waals surface area contributed by atoms with Crippen molar-refractivity contribution in [2.75, 3.05) is 20.8 Å². The number of carbonyl (C=O) groups is 2. The summed E-state index contributed by atoms with van der Waals surface area (Å²) in [4.78, 5) is 24.8. The Morgan fingerprint density at radius 3 is 2.15 bits per heavy atom. The van der Waals surface area contributed by atoms with Crippen molar-refractivity contribution in [2.24, 2.45) is 5.92 Å². The molecule has 0 unspecified atom stereocenters. The van der Waals surface area contributed by atoms with Crippen LogP contribution >= 0.6 is 0 Å². The van der Waals surface area contributed by atoms with Crippen LogP contribution in [0.2, 0.25) is 0 Å². The zero-order chi connectivity index (χ0) is 24.6. The SMILES string of the molecule is CCOC(=O)[C@H](CC(C)C)N(C)S(=O)(=O)c1ccc(CNC(=O)c2ccc(OC)cc2)cc1. The molecule has 2 aromatic rings. The van der Waals surface area contributed by atoms with E-state index in [0.717, 1.165) is 9.87 Å². The standard InChI is InChI=1S/C24H32N2O6S/c1-6-32-24(28)22(15-17(2)3)26(4)33(29,30)21-13-7-18(8-14-21)16-25-23(27)19-9-11-20(31-5)12-10-19/h7-14,17,22H,6,15-16H2,1-5H3,(H,25,27)/t22-/m0/s1. The van der Waals surface area contributed by atoms with E-state index in [-0.39, 0.29) is 29.9 Å². The van der Waals surface area contributed by atoms with Gasteiger partial charge in [0.25, 0.3) is 5.91 Å². The first-order valence-corrected chi connectivity index (χ1v) is 12.2. The quantitative estimate of drug-likeness (QED) is 0.500. The number of methoxy groups -OCH3 is 1. The van der Waals surface area contributed by atoms with Crippen LogP contribution in [-0.2, 0) is 26.1 Å². The predicted octanol–water partition coefficient (Wildman–Crippen LogP) is 3.22. The van der Waals surface area contributed by atoms with Gasteiger partial charge >= 0.3 is 5.97 Å². The maximum absolute atomic E-state index is 13.1. The number of hydrogen-bond donors (Lipinski definition) is 1. The van der Waals surface area contributed by atoms with E-state index in [4.69, 9.17) is 9.47 Å². The summed E-state index contributed by atoms with van der Waals surface area (Å²) in [5.41, 5.74) is 1.23. The highest BCUT2D eigenvalue weighted by Crippen LogP contribution is 2.22. The van der Waals surface area contributed by atoms with E-state index < -0.39 is 22.0 Å². The van der Waals surface area contributed by atoms with Gasteiger partial charge in [0.05, 0.1) is 18.6 Å². The maximum Gasteiger partial charge on any atom is 0.324 e. The summed E-state index contributed by atoms with van der Waals surface area (Å²) in [6.07, 6.45) is 0.351. The van der Waals surface area contributed by atoms with Crippen molar-refractivity contribution in [1.29, 1.82) is 0 Å². The topological polar surface area (TPSA) is 102 Å². The van der Waals surface area contributed by atoms with Gasteiger partial charge in [-0.3, -0.25) is 9.59 Å². The van der Waals surface area contributed by atoms with Crippen LogP contribution in [0, 0.1) is 5.92 Å². The van der Waals surface area contributed by atoms with Crippen molar-refractivity contribution in [1.82, 2.24) is 9.62 Å². The molecule has 33 heavy (non-hydrogen) atoms. The van der Waals surface area contributed by atoms with Crippen LogP contribution in [0.5, 0.6) is 5.75 Å². The largest absolute Gasteiger partial charge is 0.497 e. The van der Waals surface area contributed by atoms with E-state index in [2.05, 4.69) is 5.32 Å². The van der Waals surface area contributed by atoms with Gasteiger partial charge in [-0.1, -0.05) is 26.0 Å². The Balaban J connectivity index is 2.09. The summed E-state index contributed by atoms with van der Waals surface area (Å²) in [6.45, 7) is 5.94. The number of carbonyl (C=O) groups excluding carboxylic acids is 2.